The van der Waals surface area contributed by atoms with Crippen molar-refractivity contribution < 1.29 is 4.79 Å². The third kappa shape index (κ3) is 3.61. The molecule has 9 nitrogen and oxygen atoms in total. The summed E-state index contributed by atoms with van der Waals surface area (Å²) in [5, 5.41) is 11.1. The number of amides is 1. The van der Waals surface area contributed by atoms with E-state index in [1.54, 1.807) is 23.1 Å². The minimum absolute atomic E-state index is 0.0754. The highest BCUT2D eigenvalue weighted by atomic mass is 16.2. The van der Waals surface area contributed by atoms with Crippen molar-refractivity contribution in [3.05, 3.63) is 66.5 Å². The fourth-order valence-corrected chi connectivity index (χ4v) is 2.73. The lowest BCUT2D eigenvalue weighted by Gasteiger charge is -2.18. The zero-order valence-corrected chi connectivity index (χ0v) is 14.9. The molecular formula is C18H18N8O. The molecule has 0 aliphatic carbocycles. The summed E-state index contributed by atoms with van der Waals surface area (Å²) in [5.41, 5.74) is 2.83. The second kappa shape index (κ2) is 6.87. The fourth-order valence-electron chi connectivity index (χ4n) is 2.73. The van der Waals surface area contributed by atoms with Crippen LogP contribution in [-0.2, 0) is 13.6 Å². The Morgan fingerprint density at radius 2 is 2.07 bits per heavy atom. The van der Waals surface area contributed by atoms with E-state index in [0.717, 1.165) is 17.8 Å². The summed E-state index contributed by atoms with van der Waals surface area (Å²) < 4.78 is 3.25. The van der Waals surface area contributed by atoms with Crippen LogP contribution in [0.2, 0.25) is 0 Å². The first kappa shape index (κ1) is 16.7. The van der Waals surface area contributed by atoms with E-state index in [0.29, 0.717) is 11.5 Å². The van der Waals surface area contributed by atoms with Gasteiger partial charge in [-0.3, -0.25) is 9.48 Å². The van der Waals surface area contributed by atoms with Crippen LogP contribution in [0.3, 0.4) is 0 Å². The Hall–Kier alpha value is -3.75. The van der Waals surface area contributed by atoms with E-state index in [-0.39, 0.29) is 11.7 Å². The van der Waals surface area contributed by atoms with Crippen molar-refractivity contribution in [2.45, 2.75) is 6.54 Å². The van der Waals surface area contributed by atoms with Crippen LogP contribution in [0.5, 0.6) is 0 Å². The molecule has 136 valence electrons. The van der Waals surface area contributed by atoms with Crippen molar-refractivity contribution in [1.82, 2.24) is 29.4 Å². The number of carbonyl (C=O) groups excluding carboxylic acids is 1. The van der Waals surface area contributed by atoms with Gasteiger partial charge in [0.2, 0.25) is 5.82 Å². The first-order valence-electron chi connectivity index (χ1n) is 8.36. The molecule has 4 rings (SSSR count). The predicted molar refractivity (Wildman–Crippen MR) is 100 cm³/mol. The Morgan fingerprint density at radius 3 is 2.78 bits per heavy atom. The molecular weight excluding hydrogens is 344 g/mol. The number of aromatic nitrogens is 6. The summed E-state index contributed by atoms with van der Waals surface area (Å²) in [6.45, 7) is 0.748. The van der Waals surface area contributed by atoms with Gasteiger partial charge >= 0.3 is 0 Å². The first-order chi connectivity index (χ1) is 13.1. The Labute approximate surface area is 155 Å². The smallest absolute Gasteiger partial charge is 0.295 e. The van der Waals surface area contributed by atoms with Gasteiger partial charge in [-0.15, -0.1) is 5.10 Å². The van der Waals surface area contributed by atoms with Crippen molar-refractivity contribution in [2.75, 3.05) is 17.3 Å². The lowest BCUT2D eigenvalue weighted by atomic mass is 10.2. The lowest BCUT2D eigenvalue weighted by Crippen LogP contribution is -2.16. The fraction of sp³-hybridized carbons (Fsp3) is 0.167. The van der Waals surface area contributed by atoms with Gasteiger partial charge in [-0.1, -0.05) is 0 Å². The molecule has 27 heavy (non-hydrogen) atoms. The van der Waals surface area contributed by atoms with Crippen molar-refractivity contribution in [2.24, 2.45) is 7.05 Å². The second-order valence-corrected chi connectivity index (χ2v) is 6.18. The van der Waals surface area contributed by atoms with Crippen molar-refractivity contribution in [3.8, 4) is 0 Å². The minimum atomic E-state index is -0.378. The number of rotatable bonds is 5. The molecule has 1 amide bonds. The number of nitrogens with zero attached hydrogens (tertiary/aromatic N) is 7. The Morgan fingerprint density at radius 1 is 1.26 bits per heavy atom. The molecule has 0 radical (unpaired) electrons. The topological polar surface area (TPSA) is 93.2 Å². The van der Waals surface area contributed by atoms with Gasteiger partial charge in [-0.05, 0) is 30.3 Å². The molecule has 0 aliphatic rings. The van der Waals surface area contributed by atoms with Crippen LogP contribution in [-0.4, -0.2) is 42.3 Å². The number of nitrogens with one attached hydrogen (secondary N) is 1. The molecule has 4 aromatic rings. The molecule has 0 saturated carbocycles. The largest absolute Gasteiger partial charge is 0.370 e. The zero-order chi connectivity index (χ0) is 18.8. The van der Waals surface area contributed by atoms with E-state index in [1.165, 1.54) is 4.52 Å². The highest BCUT2D eigenvalue weighted by Gasteiger charge is 2.13. The summed E-state index contributed by atoms with van der Waals surface area (Å²) in [7, 11) is 3.91. The number of aryl methyl sites for hydroxylation is 1. The highest BCUT2D eigenvalue weighted by molar-refractivity contribution is 6.01. The summed E-state index contributed by atoms with van der Waals surface area (Å²) in [5.74, 6) is 0.0819. The van der Waals surface area contributed by atoms with Crippen LogP contribution in [0.4, 0.5) is 11.4 Å². The molecule has 3 aromatic heterocycles. The maximum absolute atomic E-state index is 12.3. The lowest BCUT2D eigenvalue weighted by molar-refractivity contribution is 0.101. The average Bonchev–Trinajstić information content (AvgIpc) is 3.28. The van der Waals surface area contributed by atoms with E-state index in [2.05, 4.69) is 30.4 Å². The van der Waals surface area contributed by atoms with Gasteiger partial charge in [0.25, 0.3) is 11.7 Å². The normalized spacial score (nSPS) is 10.9. The molecule has 0 saturated heterocycles. The quantitative estimate of drug-likeness (QED) is 0.581. The SMILES string of the molecule is CN(Cc1cnn(C)c1)c1ccc(NC(=O)c2nc3ncccn3n2)cc1. The predicted octanol–water partition coefficient (Wildman–Crippen LogP) is 1.75. The number of hydrogen-bond donors (Lipinski definition) is 1. The van der Waals surface area contributed by atoms with Crippen molar-refractivity contribution in [3.63, 3.8) is 0 Å². The van der Waals surface area contributed by atoms with Crippen LogP contribution >= 0.6 is 0 Å². The Bertz CT molecular complexity index is 1050. The molecule has 0 fully saturated rings. The van der Waals surface area contributed by atoms with E-state index in [1.807, 2.05) is 50.8 Å². The van der Waals surface area contributed by atoms with Crippen molar-refractivity contribution >= 4 is 23.1 Å². The number of benzene rings is 1. The number of hydrogen-bond acceptors (Lipinski definition) is 6. The van der Waals surface area contributed by atoms with E-state index >= 15 is 0 Å². The van der Waals surface area contributed by atoms with Crippen molar-refractivity contribution in [1.29, 1.82) is 0 Å². The first-order valence-corrected chi connectivity index (χ1v) is 8.36. The monoisotopic (exact) mass is 362 g/mol. The molecule has 0 unspecified atom stereocenters. The summed E-state index contributed by atoms with van der Waals surface area (Å²) in [4.78, 5) is 22.6. The van der Waals surface area contributed by atoms with Gasteiger partial charge < -0.3 is 10.2 Å². The standard InChI is InChI=1S/C18H18N8O/c1-24(11-13-10-20-25(2)12-13)15-6-4-14(5-7-15)21-17(27)16-22-18-19-8-3-9-26(18)23-16/h3-10,12H,11H2,1-2H3,(H,21,27). The number of anilines is 2. The maximum atomic E-state index is 12.3. The summed E-state index contributed by atoms with van der Waals surface area (Å²) in [6.07, 6.45) is 7.13. The molecule has 3 heterocycles. The van der Waals surface area contributed by atoms with Crippen LogP contribution in [0.15, 0.2) is 55.1 Å². The molecule has 0 atom stereocenters. The number of carbonyl (C=O) groups is 1. The summed E-state index contributed by atoms with van der Waals surface area (Å²) >= 11 is 0. The van der Waals surface area contributed by atoms with Crippen LogP contribution in [0.25, 0.3) is 5.78 Å². The third-order valence-electron chi connectivity index (χ3n) is 4.06. The maximum Gasteiger partial charge on any atom is 0.295 e. The van der Waals surface area contributed by atoms with Gasteiger partial charge in [0.1, 0.15) is 0 Å². The van der Waals surface area contributed by atoms with Gasteiger partial charge in [-0.25, -0.2) is 9.50 Å². The van der Waals surface area contributed by atoms with Crippen LogP contribution < -0.4 is 10.2 Å². The minimum Gasteiger partial charge on any atom is -0.370 e. The number of fused-ring (bicyclic) bond motifs is 1. The van der Waals surface area contributed by atoms with Gasteiger partial charge in [0.15, 0.2) is 0 Å². The Balaban J connectivity index is 1.43. The van der Waals surface area contributed by atoms with E-state index in [9.17, 15) is 4.79 Å². The second-order valence-electron chi connectivity index (χ2n) is 6.18. The molecule has 0 aliphatic heterocycles. The van der Waals surface area contributed by atoms with Crippen LogP contribution in [0, 0.1) is 0 Å². The molecule has 1 N–H and O–H groups in total. The molecule has 0 bridgehead atoms. The van der Waals surface area contributed by atoms with Gasteiger partial charge in [0.05, 0.1) is 6.20 Å². The van der Waals surface area contributed by atoms with Gasteiger partial charge in [-0.2, -0.15) is 10.1 Å². The third-order valence-corrected chi connectivity index (χ3v) is 4.06. The van der Waals surface area contributed by atoms with Gasteiger partial charge in [0, 0.05) is 56.2 Å². The average molecular weight is 362 g/mol. The molecule has 9 heteroatoms. The van der Waals surface area contributed by atoms with E-state index < -0.39 is 0 Å². The summed E-state index contributed by atoms with van der Waals surface area (Å²) in [6, 6.07) is 9.32. The van der Waals surface area contributed by atoms with E-state index in [4.69, 9.17) is 0 Å². The molecule has 0 spiro atoms. The Kier molecular flexibility index (Phi) is 4.25. The van der Waals surface area contributed by atoms with Crippen LogP contribution in [0.1, 0.15) is 16.2 Å². The molecule has 1 aromatic carbocycles. The zero-order valence-electron chi connectivity index (χ0n) is 14.9. The highest BCUT2D eigenvalue weighted by Crippen LogP contribution is 2.19.